The molecular formula is C16H20FNO2. The van der Waals surface area contributed by atoms with E-state index in [2.05, 4.69) is 4.90 Å². The molecule has 0 aliphatic carbocycles. The summed E-state index contributed by atoms with van der Waals surface area (Å²) < 4.78 is 13.0. The third-order valence-corrected chi connectivity index (χ3v) is 4.91. The number of hydrogen-bond acceptors (Lipinski definition) is 3. The van der Waals surface area contributed by atoms with Crippen LogP contribution in [0, 0.1) is 11.7 Å². The van der Waals surface area contributed by atoms with Gasteiger partial charge in [-0.1, -0.05) is 18.6 Å². The first kappa shape index (κ1) is 13.7. The van der Waals surface area contributed by atoms with E-state index in [4.69, 9.17) is 0 Å². The Labute approximate surface area is 118 Å². The molecule has 3 rings (SSSR count). The highest BCUT2D eigenvalue weighted by Crippen LogP contribution is 2.40. The van der Waals surface area contributed by atoms with Crippen molar-refractivity contribution in [2.75, 3.05) is 7.05 Å². The highest BCUT2D eigenvalue weighted by atomic mass is 19.1. The monoisotopic (exact) mass is 277 g/mol. The Hall–Kier alpha value is -1.26. The summed E-state index contributed by atoms with van der Waals surface area (Å²) >= 11 is 0. The van der Waals surface area contributed by atoms with Crippen molar-refractivity contribution in [1.29, 1.82) is 0 Å². The van der Waals surface area contributed by atoms with Crippen molar-refractivity contribution < 1.29 is 14.3 Å². The summed E-state index contributed by atoms with van der Waals surface area (Å²) in [6.45, 7) is 0. The Morgan fingerprint density at radius 2 is 2.00 bits per heavy atom. The zero-order valence-corrected chi connectivity index (χ0v) is 11.6. The number of nitrogens with zero attached hydrogens (tertiary/aromatic N) is 1. The molecule has 0 unspecified atom stereocenters. The van der Waals surface area contributed by atoms with Crippen LogP contribution in [0.5, 0.6) is 0 Å². The van der Waals surface area contributed by atoms with Gasteiger partial charge in [-0.25, -0.2) is 4.39 Å². The molecule has 20 heavy (non-hydrogen) atoms. The van der Waals surface area contributed by atoms with Crippen LogP contribution in [0.1, 0.15) is 37.4 Å². The van der Waals surface area contributed by atoms with E-state index >= 15 is 0 Å². The number of rotatable bonds is 2. The van der Waals surface area contributed by atoms with Gasteiger partial charge in [0.25, 0.3) is 0 Å². The molecule has 1 N–H and O–H groups in total. The number of fused-ring (bicyclic) bond motifs is 2. The molecule has 0 radical (unpaired) electrons. The van der Waals surface area contributed by atoms with Crippen LogP contribution in [0.3, 0.4) is 0 Å². The molecule has 4 atom stereocenters. The van der Waals surface area contributed by atoms with Gasteiger partial charge in [0.15, 0.2) is 0 Å². The number of ketones is 1. The molecule has 3 nitrogen and oxygen atoms in total. The van der Waals surface area contributed by atoms with Crippen LogP contribution in [0.25, 0.3) is 0 Å². The van der Waals surface area contributed by atoms with Gasteiger partial charge in [-0.15, -0.1) is 0 Å². The predicted molar refractivity (Wildman–Crippen MR) is 73.7 cm³/mol. The zero-order chi connectivity index (χ0) is 14.3. The lowest BCUT2D eigenvalue weighted by atomic mass is 9.73. The summed E-state index contributed by atoms with van der Waals surface area (Å²) in [6, 6.07) is 6.25. The van der Waals surface area contributed by atoms with Gasteiger partial charge in [0.1, 0.15) is 11.6 Å². The van der Waals surface area contributed by atoms with Gasteiger partial charge in [-0.2, -0.15) is 0 Å². The van der Waals surface area contributed by atoms with E-state index in [0.29, 0.717) is 18.0 Å². The maximum absolute atomic E-state index is 13.0. The van der Waals surface area contributed by atoms with E-state index in [9.17, 15) is 14.3 Å². The normalized spacial score (nSPS) is 32.1. The summed E-state index contributed by atoms with van der Waals surface area (Å²) in [5.74, 6) is -0.567. The smallest absolute Gasteiger partial charge is 0.142 e. The number of benzene rings is 1. The molecule has 0 aromatic heterocycles. The summed E-state index contributed by atoms with van der Waals surface area (Å²) in [5, 5.41) is 10.6. The van der Waals surface area contributed by atoms with Crippen molar-refractivity contribution in [3.8, 4) is 0 Å². The van der Waals surface area contributed by atoms with E-state index in [-0.39, 0.29) is 23.6 Å². The highest BCUT2D eigenvalue weighted by molar-refractivity contribution is 5.84. The van der Waals surface area contributed by atoms with Crippen LogP contribution >= 0.6 is 0 Å². The summed E-state index contributed by atoms with van der Waals surface area (Å²) in [4.78, 5) is 14.6. The average molecular weight is 277 g/mol. The second-order valence-electron chi connectivity index (χ2n) is 6.01. The minimum atomic E-state index is -0.838. The first-order chi connectivity index (χ1) is 9.58. The van der Waals surface area contributed by atoms with Gasteiger partial charge in [0.05, 0.1) is 12.0 Å². The summed E-state index contributed by atoms with van der Waals surface area (Å²) in [6.07, 6.45) is 2.81. The van der Waals surface area contributed by atoms with Gasteiger partial charge >= 0.3 is 0 Å². The first-order valence-electron chi connectivity index (χ1n) is 7.26. The van der Waals surface area contributed by atoms with E-state index in [0.717, 1.165) is 19.3 Å². The Morgan fingerprint density at radius 3 is 2.70 bits per heavy atom. The van der Waals surface area contributed by atoms with Crippen molar-refractivity contribution in [3.05, 3.63) is 35.6 Å². The quantitative estimate of drug-likeness (QED) is 0.901. The van der Waals surface area contributed by atoms with Crippen molar-refractivity contribution in [2.45, 2.75) is 43.9 Å². The van der Waals surface area contributed by atoms with Crippen molar-refractivity contribution >= 4 is 5.78 Å². The fourth-order valence-corrected chi connectivity index (χ4v) is 3.76. The molecule has 2 saturated heterocycles. The number of carbonyl (C=O) groups excluding carboxylic acids is 1. The Balaban J connectivity index is 1.87. The minimum Gasteiger partial charge on any atom is -0.388 e. The fraction of sp³-hybridized carbons (Fsp3) is 0.562. The molecule has 2 bridgehead atoms. The molecule has 2 aliphatic heterocycles. The lowest BCUT2D eigenvalue weighted by Crippen LogP contribution is -2.56. The van der Waals surface area contributed by atoms with Gasteiger partial charge < -0.3 is 5.11 Å². The second kappa shape index (κ2) is 5.26. The van der Waals surface area contributed by atoms with E-state index in [1.165, 1.54) is 12.1 Å². The van der Waals surface area contributed by atoms with E-state index in [1.54, 1.807) is 12.1 Å². The lowest BCUT2D eigenvalue weighted by molar-refractivity contribution is -0.140. The van der Waals surface area contributed by atoms with Gasteiger partial charge in [-0.3, -0.25) is 9.69 Å². The fourth-order valence-electron chi connectivity index (χ4n) is 3.76. The molecule has 1 aromatic rings. The largest absolute Gasteiger partial charge is 0.388 e. The maximum Gasteiger partial charge on any atom is 0.142 e. The van der Waals surface area contributed by atoms with Crippen LogP contribution in [-0.4, -0.2) is 34.9 Å². The van der Waals surface area contributed by atoms with Gasteiger partial charge in [-0.05, 0) is 37.6 Å². The lowest BCUT2D eigenvalue weighted by Gasteiger charge is -2.48. The van der Waals surface area contributed by atoms with Crippen LogP contribution in [-0.2, 0) is 4.79 Å². The molecule has 2 fully saturated rings. The van der Waals surface area contributed by atoms with E-state index in [1.807, 2.05) is 7.05 Å². The number of carbonyl (C=O) groups is 1. The van der Waals surface area contributed by atoms with Crippen molar-refractivity contribution in [2.24, 2.45) is 5.92 Å². The number of aliphatic hydroxyl groups is 1. The number of Topliss-reactive ketones (excluding diaryl/α,β-unsaturated/α-hetero) is 1. The summed E-state index contributed by atoms with van der Waals surface area (Å²) in [7, 11) is 2.05. The number of halogens is 1. The Kier molecular flexibility index (Phi) is 3.61. The molecule has 1 aromatic carbocycles. The highest BCUT2D eigenvalue weighted by Gasteiger charge is 2.45. The van der Waals surface area contributed by atoms with Crippen molar-refractivity contribution in [1.82, 2.24) is 4.90 Å². The number of hydrogen-bond donors (Lipinski definition) is 1. The predicted octanol–water partition coefficient (Wildman–Crippen LogP) is 2.30. The van der Waals surface area contributed by atoms with Crippen LogP contribution in [0.4, 0.5) is 4.39 Å². The zero-order valence-electron chi connectivity index (χ0n) is 11.6. The molecule has 0 spiro atoms. The topological polar surface area (TPSA) is 40.5 Å². The van der Waals surface area contributed by atoms with Gasteiger partial charge in [0.2, 0.25) is 0 Å². The van der Waals surface area contributed by atoms with Crippen LogP contribution < -0.4 is 0 Å². The molecular weight excluding hydrogens is 257 g/mol. The Morgan fingerprint density at radius 1 is 1.30 bits per heavy atom. The van der Waals surface area contributed by atoms with E-state index < -0.39 is 6.10 Å². The average Bonchev–Trinajstić information content (AvgIpc) is 2.41. The third-order valence-electron chi connectivity index (χ3n) is 4.91. The van der Waals surface area contributed by atoms with Crippen LogP contribution in [0.15, 0.2) is 24.3 Å². The van der Waals surface area contributed by atoms with Crippen molar-refractivity contribution in [3.63, 3.8) is 0 Å². The third kappa shape index (κ3) is 2.27. The minimum absolute atomic E-state index is 0.107. The molecule has 4 heteroatoms. The molecule has 2 heterocycles. The summed E-state index contributed by atoms with van der Waals surface area (Å²) in [5.41, 5.74) is 0.627. The molecule has 2 aliphatic rings. The molecule has 0 saturated carbocycles. The number of aliphatic hydroxyl groups excluding tert-OH is 1. The number of piperidine rings is 2. The standard InChI is InChI=1S/C16H20FNO2/c1-18-12-3-2-4-13(18)15(14(19)9-12)16(20)10-5-7-11(17)8-6-10/h5-8,12-13,15-16,20H,2-4,9H2,1H3/t12-,13+,15+,16+/m1/s1. The molecule has 0 amide bonds. The molecule has 108 valence electrons. The van der Waals surface area contributed by atoms with Gasteiger partial charge in [0, 0.05) is 18.5 Å². The van der Waals surface area contributed by atoms with Crippen LogP contribution in [0.2, 0.25) is 0 Å². The Bertz CT molecular complexity index is 502. The second-order valence-corrected chi connectivity index (χ2v) is 6.01. The SMILES string of the molecule is CN1[C@@H]2CCC[C@H]1[C@H]([C@@H](O)c1ccc(F)cc1)C(=O)C2. The maximum atomic E-state index is 13.0. The first-order valence-corrected chi connectivity index (χ1v) is 7.26.